The molecule has 10 heteroatoms. The van der Waals surface area contributed by atoms with Crippen LogP contribution in [-0.2, 0) is 17.8 Å². The molecule has 0 aliphatic rings. The quantitative estimate of drug-likeness (QED) is 0.430. The minimum atomic E-state index is -0.167. The summed E-state index contributed by atoms with van der Waals surface area (Å²) in [6.45, 7) is 8.51. The molecule has 8 nitrogen and oxygen atoms in total. The van der Waals surface area contributed by atoms with E-state index in [0.29, 0.717) is 34.3 Å². The molecule has 0 saturated heterocycles. The Bertz CT molecular complexity index is 901. The van der Waals surface area contributed by atoms with Gasteiger partial charge >= 0.3 is 0 Å². The molecule has 0 radical (unpaired) electrons. The molecule has 0 unspecified atom stereocenters. The van der Waals surface area contributed by atoms with Gasteiger partial charge in [-0.3, -0.25) is 14.7 Å². The van der Waals surface area contributed by atoms with Crippen LogP contribution in [0.1, 0.15) is 18.9 Å². The number of nitrogens with zero attached hydrogens (tertiary/aromatic N) is 5. The molecular weight excluding hydrogens is 384 g/mol. The maximum atomic E-state index is 12.2. The normalized spacial score (nSPS) is 11.1. The number of allylic oxidation sites excluding steroid dienone is 1. The molecule has 0 bridgehead atoms. The van der Waals surface area contributed by atoms with Crippen molar-refractivity contribution in [1.29, 1.82) is 0 Å². The number of furan rings is 1. The summed E-state index contributed by atoms with van der Waals surface area (Å²) >= 11 is 2.70. The van der Waals surface area contributed by atoms with E-state index < -0.39 is 0 Å². The van der Waals surface area contributed by atoms with E-state index in [4.69, 9.17) is 4.42 Å². The minimum Gasteiger partial charge on any atom is -0.461 e. The van der Waals surface area contributed by atoms with Gasteiger partial charge in [-0.2, -0.15) is 0 Å². The number of carbonyl (C=O) groups is 1. The van der Waals surface area contributed by atoms with Crippen molar-refractivity contribution in [2.45, 2.75) is 32.0 Å². The van der Waals surface area contributed by atoms with Gasteiger partial charge in [0.2, 0.25) is 16.9 Å². The van der Waals surface area contributed by atoms with Crippen LogP contribution in [0.25, 0.3) is 11.6 Å². The van der Waals surface area contributed by atoms with Gasteiger partial charge in [-0.05, 0) is 18.1 Å². The van der Waals surface area contributed by atoms with Gasteiger partial charge in [-0.25, -0.2) is 0 Å². The summed E-state index contributed by atoms with van der Waals surface area (Å²) in [5.74, 6) is 1.74. The number of aromatic nitrogens is 5. The Labute approximate surface area is 165 Å². The molecule has 3 heterocycles. The summed E-state index contributed by atoms with van der Waals surface area (Å²) in [7, 11) is 0. The second-order valence-corrected chi connectivity index (χ2v) is 8.12. The van der Waals surface area contributed by atoms with Crippen LogP contribution < -0.4 is 5.32 Å². The Balaban J connectivity index is 1.61. The molecule has 27 heavy (non-hydrogen) atoms. The molecular formula is C17H20N6O2S2. The van der Waals surface area contributed by atoms with E-state index in [1.54, 1.807) is 18.4 Å². The van der Waals surface area contributed by atoms with Crippen molar-refractivity contribution in [1.82, 2.24) is 25.0 Å². The van der Waals surface area contributed by atoms with Gasteiger partial charge in [0.25, 0.3) is 0 Å². The fourth-order valence-electron chi connectivity index (χ4n) is 2.30. The zero-order valence-corrected chi connectivity index (χ0v) is 16.7. The van der Waals surface area contributed by atoms with Gasteiger partial charge in [0.05, 0.1) is 12.0 Å². The monoisotopic (exact) mass is 404 g/mol. The molecule has 3 rings (SSSR count). The summed E-state index contributed by atoms with van der Waals surface area (Å²) in [6.07, 6.45) is 4.18. The average Bonchev–Trinajstić information content (AvgIpc) is 3.34. The highest BCUT2D eigenvalue weighted by Crippen LogP contribution is 2.25. The van der Waals surface area contributed by atoms with Crippen LogP contribution >= 0.6 is 23.1 Å². The van der Waals surface area contributed by atoms with E-state index in [-0.39, 0.29) is 11.7 Å². The molecule has 0 fully saturated rings. The van der Waals surface area contributed by atoms with Crippen LogP contribution in [0, 0.1) is 5.92 Å². The Kier molecular flexibility index (Phi) is 6.40. The lowest BCUT2D eigenvalue weighted by molar-refractivity contribution is -0.113. The van der Waals surface area contributed by atoms with Gasteiger partial charge in [-0.15, -0.1) is 27.0 Å². The third kappa shape index (κ3) is 5.04. The first-order chi connectivity index (χ1) is 13.1. The first-order valence-electron chi connectivity index (χ1n) is 8.39. The number of amides is 1. The second kappa shape index (κ2) is 8.96. The molecule has 142 valence electrons. The minimum absolute atomic E-state index is 0.167. The number of anilines is 1. The van der Waals surface area contributed by atoms with E-state index in [2.05, 4.69) is 46.1 Å². The fraction of sp³-hybridized carbons (Fsp3) is 0.353. The zero-order valence-electron chi connectivity index (χ0n) is 15.1. The summed E-state index contributed by atoms with van der Waals surface area (Å²) in [6, 6.07) is 3.60. The highest BCUT2D eigenvalue weighted by molar-refractivity contribution is 7.99. The smallest absolute Gasteiger partial charge is 0.236 e. The van der Waals surface area contributed by atoms with Crippen LogP contribution in [0.5, 0.6) is 0 Å². The SMILES string of the molecule is C=CCn1c(SCC(=O)Nc2nnc(CC(C)C)s2)nnc1-c1ccco1. The van der Waals surface area contributed by atoms with E-state index in [1.807, 2.05) is 10.6 Å². The number of thioether (sulfide) groups is 1. The lowest BCUT2D eigenvalue weighted by atomic mass is 10.1. The zero-order chi connectivity index (χ0) is 19.2. The van der Waals surface area contributed by atoms with Crippen molar-refractivity contribution in [2.75, 3.05) is 11.1 Å². The summed E-state index contributed by atoms with van der Waals surface area (Å²) in [5.41, 5.74) is 0. The Morgan fingerprint density at radius 2 is 2.26 bits per heavy atom. The van der Waals surface area contributed by atoms with Gasteiger partial charge in [0.1, 0.15) is 5.01 Å². The summed E-state index contributed by atoms with van der Waals surface area (Å²) in [4.78, 5) is 12.2. The first kappa shape index (κ1) is 19.3. The lowest BCUT2D eigenvalue weighted by Gasteiger charge is -2.06. The first-order valence-corrected chi connectivity index (χ1v) is 10.2. The average molecular weight is 405 g/mol. The van der Waals surface area contributed by atoms with Crippen LogP contribution in [0.2, 0.25) is 0 Å². The van der Waals surface area contributed by atoms with Gasteiger partial charge < -0.3 is 4.42 Å². The lowest BCUT2D eigenvalue weighted by Crippen LogP contribution is -2.14. The molecule has 0 aliphatic carbocycles. The summed E-state index contributed by atoms with van der Waals surface area (Å²) < 4.78 is 7.25. The molecule has 1 amide bonds. The van der Waals surface area contributed by atoms with Gasteiger partial charge in [0.15, 0.2) is 10.9 Å². The molecule has 0 saturated carbocycles. The van der Waals surface area contributed by atoms with Crippen molar-refractivity contribution in [3.05, 3.63) is 36.1 Å². The molecule has 0 spiro atoms. The maximum absolute atomic E-state index is 12.2. The van der Waals surface area contributed by atoms with Crippen molar-refractivity contribution >= 4 is 34.1 Å². The summed E-state index contributed by atoms with van der Waals surface area (Å²) in [5, 5.41) is 21.3. The van der Waals surface area contributed by atoms with E-state index >= 15 is 0 Å². The van der Waals surface area contributed by atoms with Crippen molar-refractivity contribution in [3.8, 4) is 11.6 Å². The number of hydrogen-bond donors (Lipinski definition) is 1. The maximum Gasteiger partial charge on any atom is 0.236 e. The van der Waals surface area contributed by atoms with Gasteiger partial charge in [-0.1, -0.05) is 43.0 Å². The number of rotatable bonds is 9. The molecule has 0 aromatic carbocycles. The molecule has 1 N–H and O–H groups in total. The molecule has 3 aromatic heterocycles. The van der Waals surface area contributed by atoms with Crippen molar-refractivity contribution < 1.29 is 9.21 Å². The van der Waals surface area contributed by atoms with E-state index in [0.717, 1.165) is 11.4 Å². The number of carbonyl (C=O) groups excluding carboxylic acids is 1. The predicted molar refractivity (Wildman–Crippen MR) is 106 cm³/mol. The van der Waals surface area contributed by atoms with Crippen LogP contribution in [0.3, 0.4) is 0 Å². The van der Waals surface area contributed by atoms with E-state index in [9.17, 15) is 4.79 Å². The second-order valence-electron chi connectivity index (χ2n) is 6.12. The number of hydrogen-bond acceptors (Lipinski definition) is 8. The third-order valence-electron chi connectivity index (χ3n) is 3.40. The fourth-order valence-corrected chi connectivity index (χ4v) is 4.01. The third-order valence-corrected chi connectivity index (χ3v) is 5.23. The molecule has 0 aliphatic heterocycles. The van der Waals surface area contributed by atoms with Crippen molar-refractivity contribution in [3.63, 3.8) is 0 Å². The Morgan fingerprint density at radius 3 is 2.96 bits per heavy atom. The molecule has 0 atom stereocenters. The largest absolute Gasteiger partial charge is 0.461 e. The van der Waals surface area contributed by atoms with E-state index in [1.165, 1.54) is 23.1 Å². The van der Waals surface area contributed by atoms with Crippen molar-refractivity contribution in [2.24, 2.45) is 5.92 Å². The topological polar surface area (TPSA) is 98.7 Å². The van der Waals surface area contributed by atoms with Crippen LogP contribution in [0.15, 0.2) is 40.6 Å². The number of nitrogens with one attached hydrogen (secondary N) is 1. The van der Waals surface area contributed by atoms with Crippen LogP contribution in [0.4, 0.5) is 5.13 Å². The predicted octanol–water partition coefficient (Wildman–Crippen LogP) is 3.50. The highest BCUT2D eigenvalue weighted by atomic mass is 32.2. The standard InChI is InChI=1S/C17H20N6O2S2/c1-4-7-23-15(12-6-5-8-25-12)20-22-17(23)26-10-13(24)18-16-21-19-14(27-16)9-11(2)3/h4-6,8,11H,1,7,9-10H2,2-3H3,(H,18,21,24). The van der Waals surface area contributed by atoms with Gasteiger partial charge in [0, 0.05) is 13.0 Å². The van der Waals surface area contributed by atoms with Crippen LogP contribution in [-0.4, -0.2) is 36.6 Å². The Hall–Kier alpha value is -2.46. The highest BCUT2D eigenvalue weighted by Gasteiger charge is 2.17. The molecule has 3 aromatic rings. The Morgan fingerprint density at radius 1 is 1.41 bits per heavy atom.